The first kappa shape index (κ1) is 12.4. The van der Waals surface area contributed by atoms with E-state index in [9.17, 15) is 0 Å². The molecule has 0 rings (SSSR count). The van der Waals surface area contributed by atoms with Gasteiger partial charge in [0.05, 0.1) is 6.07 Å². The van der Waals surface area contributed by atoms with Gasteiger partial charge in [-0.1, -0.05) is 20.8 Å². The van der Waals surface area contributed by atoms with Crippen molar-refractivity contribution in [2.45, 2.75) is 40.0 Å². The number of nitrogens with zero attached hydrogens (tertiary/aromatic N) is 1. The number of hydrogen-bond donors (Lipinski definition) is 0. The molecule has 76 valence electrons. The maximum absolute atomic E-state index is 8.69. The van der Waals surface area contributed by atoms with Crippen LogP contribution < -0.4 is 0 Å². The Morgan fingerprint density at radius 1 is 1.54 bits per heavy atom. The Hall–Kier alpha value is -0.550. The highest BCUT2D eigenvalue weighted by Gasteiger charge is 2.24. The third-order valence-electron chi connectivity index (χ3n) is 2.65. The predicted octanol–water partition coefficient (Wildman–Crippen LogP) is 2.99. The lowest BCUT2D eigenvalue weighted by atomic mass is 9.77. The number of ether oxygens (including phenoxy) is 1. The monoisotopic (exact) mass is 183 g/mol. The normalized spacial score (nSPS) is 17.5. The molecule has 0 aliphatic rings. The zero-order valence-corrected chi connectivity index (χ0v) is 9.26. The number of methoxy groups -OCH3 is 1. The summed E-state index contributed by atoms with van der Waals surface area (Å²) in [6, 6.07) is 2.27. The van der Waals surface area contributed by atoms with E-state index in [1.54, 1.807) is 7.11 Å². The summed E-state index contributed by atoms with van der Waals surface area (Å²) in [6.45, 7) is 7.30. The van der Waals surface area contributed by atoms with Gasteiger partial charge in [-0.25, -0.2) is 0 Å². The Morgan fingerprint density at radius 2 is 2.15 bits per heavy atom. The van der Waals surface area contributed by atoms with Gasteiger partial charge in [-0.2, -0.15) is 5.26 Å². The van der Waals surface area contributed by atoms with E-state index in [1.807, 2.05) is 0 Å². The van der Waals surface area contributed by atoms with E-state index in [-0.39, 0.29) is 5.41 Å². The minimum Gasteiger partial charge on any atom is -0.384 e. The zero-order chi connectivity index (χ0) is 10.3. The van der Waals surface area contributed by atoms with Gasteiger partial charge in [0.1, 0.15) is 0 Å². The average molecular weight is 183 g/mol. The highest BCUT2D eigenvalue weighted by molar-refractivity contribution is 4.85. The highest BCUT2D eigenvalue weighted by Crippen LogP contribution is 2.32. The van der Waals surface area contributed by atoms with E-state index in [4.69, 9.17) is 10.00 Å². The van der Waals surface area contributed by atoms with Crippen molar-refractivity contribution >= 4 is 0 Å². The van der Waals surface area contributed by atoms with Crippen molar-refractivity contribution in [3.05, 3.63) is 0 Å². The molecule has 2 nitrogen and oxygen atoms in total. The largest absolute Gasteiger partial charge is 0.384 e. The van der Waals surface area contributed by atoms with Gasteiger partial charge >= 0.3 is 0 Å². The standard InChI is InChI=1S/C11H21NO/c1-5-11(3,6-7-12)8-10(2)9-13-4/h10H,5-6,8-9H2,1-4H3. The molecule has 0 aromatic heterocycles. The Balaban J connectivity index is 4.03. The maximum Gasteiger partial charge on any atom is 0.0627 e. The molecule has 2 atom stereocenters. The van der Waals surface area contributed by atoms with Crippen LogP contribution >= 0.6 is 0 Å². The summed E-state index contributed by atoms with van der Waals surface area (Å²) in [4.78, 5) is 0. The molecule has 0 N–H and O–H groups in total. The molecule has 0 saturated carbocycles. The smallest absolute Gasteiger partial charge is 0.0627 e. The fourth-order valence-corrected chi connectivity index (χ4v) is 1.72. The molecule has 13 heavy (non-hydrogen) atoms. The molecule has 0 aliphatic heterocycles. The first-order valence-electron chi connectivity index (χ1n) is 4.94. The van der Waals surface area contributed by atoms with E-state index < -0.39 is 0 Å². The summed E-state index contributed by atoms with van der Waals surface area (Å²) in [5, 5.41) is 8.69. The summed E-state index contributed by atoms with van der Waals surface area (Å²) in [7, 11) is 1.73. The lowest BCUT2D eigenvalue weighted by Crippen LogP contribution is -2.20. The third kappa shape index (κ3) is 4.90. The van der Waals surface area contributed by atoms with E-state index in [0.717, 1.165) is 19.4 Å². The number of nitriles is 1. The average Bonchev–Trinajstić information content (AvgIpc) is 2.05. The molecule has 0 aromatic rings. The quantitative estimate of drug-likeness (QED) is 0.634. The van der Waals surface area contributed by atoms with Crippen LogP contribution in [0.1, 0.15) is 40.0 Å². The van der Waals surface area contributed by atoms with Crippen LogP contribution in [0.5, 0.6) is 0 Å². The summed E-state index contributed by atoms with van der Waals surface area (Å²) < 4.78 is 5.09. The molecule has 0 fully saturated rings. The molecule has 0 bridgehead atoms. The molecule has 0 saturated heterocycles. The van der Waals surface area contributed by atoms with Crippen molar-refractivity contribution in [1.82, 2.24) is 0 Å². The molecule has 0 aromatic carbocycles. The summed E-state index contributed by atoms with van der Waals surface area (Å²) in [5.74, 6) is 0.545. The van der Waals surface area contributed by atoms with Gasteiger partial charge in [0.25, 0.3) is 0 Å². The molecule has 2 unspecified atom stereocenters. The number of hydrogen-bond acceptors (Lipinski definition) is 2. The Morgan fingerprint density at radius 3 is 2.54 bits per heavy atom. The van der Waals surface area contributed by atoms with Crippen molar-refractivity contribution in [3.63, 3.8) is 0 Å². The summed E-state index contributed by atoms with van der Waals surface area (Å²) in [5.41, 5.74) is 0.173. The maximum atomic E-state index is 8.69. The first-order chi connectivity index (χ1) is 6.08. The Bertz CT molecular complexity index is 173. The van der Waals surface area contributed by atoms with Crippen LogP contribution in [0.2, 0.25) is 0 Å². The van der Waals surface area contributed by atoms with Gasteiger partial charge in [-0.15, -0.1) is 0 Å². The van der Waals surface area contributed by atoms with E-state index >= 15 is 0 Å². The van der Waals surface area contributed by atoms with Gasteiger partial charge in [0.2, 0.25) is 0 Å². The van der Waals surface area contributed by atoms with Crippen LogP contribution in [-0.2, 0) is 4.74 Å². The summed E-state index contributed by atoms with van der Waals surface area (Å²) in [6.07, 6.45) is 2.79. The third-order valence-corrected chi connectivity index (χ3v) is 2.65. The lowest BCUT2D eigenvalue weighted by molar-refractivity contribution is 0.125. The molecular weight excluding hydrogens is 162 g/mol. The Labute approximate surface area is 81.9 Å². The second-order valence-electron chi connectivity index (χ2n) is 4.26. The van der Waals surface area contributed by atoms with Crippen molar-refractivity contribution in [2.24, 2.45) is 11.3 Å². The molecule has 0 heterocycles. The second kappa shape index (κ2) is 5.99. The number of rotatable bonds is 6. The van der Waals surface area contributed by atoms with Crippen molar-refractivity contribution < 1.29 is 4.74 Å². The molecular formula is C11H21NO. The molecule has 2 heteroatoms. The van der Waals surface area contributed by atoms with Gasteiger partial charge in [-0.05, 0) is 24.2 Å². The van der Waals surface area contributed by atoms with Gasteiger partial charge in [0, 0.05) is 20.1 Å². The van der Waals surface area contributed by atoms with Crippen molar-refractivity contribution in [2.75, 3.05) is 13.7 Å². The van der Waals surface area contributed by atoms with Gasteiger partial charge < -0.3 is 4.74 Å². The topological polar surface area (TPSA) is 33.0 Å². The van der Waals surface area contributed by atoms with Gasteiger partial charge in [0.15, 0.2) is 0 Å². The minimum atomic E-state index is 0.173. The lowest BCUT2D eigenvalue weighted by Gasteiger charge is -2.28. The van der Waals surface area contributed by atoms with Crippen LogP contribution in [-0.4, -0.2) is 13.7 Å². The van der Waals surface area contributed by atoms with E-state index in [2.05, 4.69) is 26.8 Å². The SMILES string of the molecule is CCC(C)(CC#N)CC(C)COC. The Kier molecular flexibility index (Phi) is 5.73. The predicted molar refractivity (Wildman–Crippen MR) is 54.3 cm³/mol. The second-order valence-corrected chi connectivity index (χ2v) is 4.26. The zero-order valence-electron chi connectivity index (χ0n) is 9.26. The molecule has 0 radical (unpaired) electrons. The van der Waals surface area contributed by atoms with E-state index in [0.29, 0.717) is 12.3 Å². The van der Waals surface area contributed by atoms with Crippen LogP contribution in [0.25, 0.3) is 0 Å². The molecule has 0 spiro atoms. The van der Waals surface area contributed by atoms with E-state index in [1.165, 1.54) is 0 Å². The highest BCUT2D eigenvalue weighted by atomic mass is 16.5. The fourth-order valence-electron chi connectivity index (χ4n) is 1.72. The van der Waals surface area contributed by atoms with Crippen LogP contribution in [0.4, 0.5) is 0 Å². The molecule has 0 amide bonds. The van der Waals surface area contributed by atoms with Crippen LogP contribution in [0.3, 0.4) is 0 Å². The fraction of sp³-hybridized carbons (Fsp3) is 0.909. The summed E-state index contributed by atoms with van der Waals surface area (Å²) >= 11 is 0. The van der Waals surface area contributed by atoms with Crippen LogP contribution in [0, 0.1) is 22.7 Å². The van der Waals surface area contributed by atoms with Crippen molar-refractivity contribution in [1.29, 1.82) is 5.26 Å². The minimum absolute atomic E-state index is 0.173. The van der Waals surface area contributed by atoms with Crippen LogP contribution in [0.15, 0.2) is 0 Å². The van der Waals surface area contributed by atoms with Crippen molar-refractivity contribution in [3.8, 4) is 6.07 Å². The first-order valence-corrected chi connectivity index (χ1v) is 4.94. The molecule has 0 aliphatic carbocycles. The van der Waals surface area contributed by atoms with Gasteiger partial charge in [-0.3, -0.25) is 0 Å².